The van der Waals surface area contributed by atoms with Crippen LogP contribution in [0.15, 0.2) is 49.6 Å². The number of hydrogen-bond acceptors (Lipinski definition) is 7. The molecule has 7 atom stereocenters. The first-order valence-corrected chi connectivity index (χ1v) is 17.3. The quantitative estimate of drug-likeness (QED) is 0.105. The van der Waals surface area contributed by atoms with E-state index in [1.165, 1.54) is 0 Å². The summed E-state index contributed by atoms with van der Waals surface area (Å²) in [7, 11) is 0. The van der Waals surface area contributed by atoms with E-state index in [-0.39, 0.29) is 42.3 Å². The number of esters is 1. The lowest BCUT2D eigenvalue weighted by molar-refractivity contribution is -0.155. The van der Waals surface area contributed by atoms with Crippen molar-refractivity contribution in [3.63, 3.8) is 0 Å². The normalized spacial score (nSPS) is 27.4. The van der Waals surface area contributed by atoms with Crippen LogP contribution in [-0.4, -0.2) is 89.3 Å². The molecule has 10 heteroatoms. The molecule has 3 fully saturated rings. The van der Waals surface area contributed by atoms with E-state index in [2.05, 4.69) is 47.8 Å². The van der Waals surface area contributed by atoms with E-state index in [0.717, 1.165) is 31.6 Å². The molecule has 3 aliphatic heterocycles. The zero-order chi connectivity index (χ0) is 32.9. The zero-order valence-corrected chi connectivity index (χ0v) is 28.8. The van der Waals surface area contributed by atoms with Gasteiger partial charge < -0.3 is 29.3 Å². The number of nitrogens with zero attached hydrogens (tertiary/aromatic N) is 3. The van der Waals surface area contributed by atoms with E-state index >= 15 is 0 Å². The molecule has 0 saturated carbocycles. The topological polar surface area (TPSA) is 99.6 Å². The van der Waals surface area contributed by atoms with Gasteiger partial charge in [0.2, 0.25) is 5.91 Å². The molecule has 0 aromatic heterocycles. The minimum atomic E-state index is -1.25. The molecule has 9 nitrogen and oxygen atoms in total. The van der Waals surface area contributed by atoms with Crippen molar-refractivity contribution in [2.75, 3.05) is 42.6 Å². The van der Waals surface area contributed by atoms with Gasteiger partial charge in [-0.05, 0) is 76.1 Å². The highest BCUT2D eigenvalue weighted by atomic mass is 79.9. The van der Waals surface area contributed by atoms with Crippen molar-refractivity contribution in [2.45, 2.75) is 88.4 Å². The van der Waals surface area contributed by atoms with Crippen LogP contribution in [0.5, 0.6) is 0 Å². The van der Waals surface area contributed by atoms with Crippen LogP contribution in [-0.2, 0) is 23.9 Å². The minimum Gasteiger partial charge on any atom is -0.465 e. The molecule has 3 unspecified atom stereocenters. The summed E-state index contributed by atoms with van der Waals surface area (Å²) in [6.45, 7) is 17.7. The first kappa shape index (κ1) is 35.2. The number of aliphatic hydroxyl groups excluding tert-OH is 1. The van der Waals surface area contributed by atoms with Gasteiger partial charge in [-0.3, -0.25) is 14.4 Å². The standard InChI is InChI=1S/C35H50BrN3O6/c1-7-11-12-13-19-44-34(43)28-29-32(41)39(26(22-40)20-23(5)6)31(35(29)21-27(36)30(28)45-35)33(42)38(18-8-2)25-16-14-24(15-17-25)37(9-3)10-4/h7-8,14-17,23,26-31,40H,1-2,9-13,18-22H2,3-6H3/t26-,27?,28-,29+,30-,31?,35?/m1/s1. The molecule has 3 saturated heterocycles. The van der Waals surface area contributed by atoms with Crippen molar-refractivity contribution >= 4 is 45.1 Å². The molecule has 45 heavy (non-hydrogen) atoms. The van der Waals surface area contributed by atoms with Crippen molar-refractivity contribution < 1.29 is 29.0 Å². The Labute approximate surface area is 276 Å². The third-order valence-corrected chi connectivity index (χ3v) is 10.3. The Hall–Kier alpha value is -2.69. The lowest BCUT2D eigenvalue weighted by Crippen LogP contribution is -2.59. The first-order chi connectivity index (χ1) is 21.6. The predicted molar refractivity (Wildman–Crippen MR) is 180 cm³/mol. The van der Waals surface area contributed by atoms with Crippen molar-refractivity contribution in [1.82, 2.24) is 4.90 Å². The highest BCUT2D eigenvalue weighted by Crippen LogP contribution is 2.61. The number of rotatable bonds is 17. The lowest BCUT2D eigenvalue weighted by Gasteiger charge is -2.40. The molecular weight excluding hydrogens is 638 g/mol. The van der Waals surface area contributed by atoms with Gasteiger partial charge in [0.05, 0.1) is 37.2 Å². The van der Waals surface area contributed by atoms with E-state index in [4.69, 9.17) is 9.47 Å². The molecule has 1 aromatic carbocycles. The van der Waals surface area contributed by atoms with Crippen LogP contribution in [0.3, 0.4) is 0 Å². The minimum absolute atomic E-state index is 0.151. The van der Waals surface area contributed by atoms with Crippen molar-refractivity contribution in [3.8, 4) is 0 Å². The Morgan fingerprint density at radius 2 is 1.82 bits per heavy atom. The third-order valence-electron chi connectivity index (χ3n) is 9.50. The number of carbonyl (C=O) groups is 3. The van der Waals surface area contributed by atoms with Crippen LogP contribution in [0, 0.1) is 17.8 Å². The highest BCUT2D eigenvalue weighted by Gasteiger charge is 2.77. The number of fused-ring (bicyclic) bond motifs is 1. The number of halogens is 1. The van der Waals surface area contributed by atoms with Gasteiger partial charge in [-0.1, -0.05) is 41.9 Å². The van der Waals surface area contributed by atoms with Crippen molar-refractivity contribution in [1.29, 1.82) is 0 Å². The summed E-state index contributed by atoms with van der Waals surface area (Å²) >= 11 is 3.73. The molecule has 248 valence electrons. The molecule has 1 aromatic rings. The largest absolute Gasteiger partial charge is 0.465 e. The maximum Gasteiger partial charge on any atom is 0.312 e. The molecular formula is C35H50BrN3O6. The average Bonchev–Trinajstić information content (AvgIpc) is 3.62. The molecule has 2 bridgehead atoms. The van der Waals surface area contributed by atoms with Gasteiger partial charge in [0.15, 0.2) is 0 Å². The van der Waals surface area contributed by atoms with Crippen LogP contribution in [0.4, 0.5) is 11.4 Å². The fourth-order valence-electron chi connectivity index (χ4n) is 7.52. The number of ether oxygens (including phenoxy) is 2. The fraction of sp³-hybridized carbons (Fsp3) is 0.629. The Morgan fingerprint density at radius 3 is 2.40 bits per heavy atom. The second-order valence-corrected chi connectivity index (χ2v) is 13.9. The van der Waals surface area contributed by atoms with Gasteiger partial charge in [0.1, 0.15) is 11.6 Å². The summed E-state index contributed by atoms with van der Waals surface area (Å²) < 4.78 is 12.4. The molecule has 0 radical (unpaired) electrons. The Balaban J connectivity index is 1.74. The number of allylic oxidation sites excluding steroid dienone is 1. The number of aliphatic hydroxyl groups is 1. The number of carbonyl (C=O) groups excluding carboxylic acids is 3. The van der Waals surface area contributed by atoms with Crippen LogP contribution in [0.2, 0.25) is 0 Å². The Kier molecular flexibility index (Phi) is 11.9. The van der Waals surface area contributed by atoms with Gasteiger partial charge in [0, 0.05) is 35.8 Å². The summed E-state index contributed by atoms with van der Waals surface area (Å²) in [4.78, 5) is 48.2. The number of benzene rings is 1. The zero-order valence-electron chi connectivity index (χ0n) is 27.2. The number of amides is 2. The summed E-state index contributed by atoms with van der Waals surface area (Å²) in [5, 5.41) is 10.6. The molecule has 2 amide bonds. The maximum atomic E-state index is 14.9. The fourth-order valence-corrected chi connectivity index (χ4v) is 8.46. The van der Waals surface area contributed by atoms with Crippen LogP contribution >= 0.6 is 15.9 Å². The van der Waals surface area contributed by atoms with E-state index in [0.29, 0.717) is 24.9 Å². The van der Waals surface area contributed by atoms with E-state index in [9.17, 15) is 19.5 Å². The number of anilines is 2. The van der Waals surface area contributed by atoms with E-state index in [1.54, 1.807) is 15.9 Å². The van der Waals surface area contributed by atoms with Crippen molar-refractivity contribution in [2.24, 2.45) is 17.8 Å². The SMILES string of the molecule is C=CCCCCOC(=O)[C@H]1[C@@H]2OC3(CC2Br)C(C(=O)N(CC=C)c2ccc(N(CC)CC)cc2)N([C@@H](CO)CC(C)C)C(=O)[C@H]13. The summed E-state index contributed by atoms with van der Waals surface area (Å²) in [5.41, 5.74) is 0.477. The second-order valence-electron chi connectivity index (χ2n) is 12.8. The second kappa shape index (κ2) is 15.3. The van der Waals surface area contributed by atoms with Crippen LogP contribution < -0.4 is 9.80 Å². The average molecular weight is 689 g/mol. The number of unbranched alkanes of at least 4 members (excludes halogenated alkanes) is 2. The van der Waals surface area contributed by atoms with Gasteiger partial charge in [-0.2, -0.15) is 0 Å². The van der Waals surface area contributed by atoms with Gasteiger partial charge in [0.25, 0.3) is 5.91 Å². The molecule has 4 rings (SSSR count). The highest BCUT2D eigenvalue weighted by molar-refractivity contribution is 9.09. The molecule has 1 spiro atoms. The molecule has 0 aliphatic carbocycles. The molecule has 3 heterocycles. The van der Waals surface area contributed by atoms with Crippen molar-refractivity contribution in [3.05, 3.63) is 49.6 Å². The monoisotopic (exact) mass is 687 g/mol. The summed E-state index contributed by atoms with van der Waals surface area (Å²) in [5.74, 6) is -2.72. The first-order valence-electron chi connectivity index (χ1n) is 16.4. The third kappa shape index (κ3) is 6.74. The predicted octanol–water partition coefficient (Wildman–Crippen LogP) is 5.11. The lowest BCUT2D eigenvalue weighted by atomic mass is 9.70. The summed E-state index contributed by atoms with van der Waals surface area (Å²) in [6.07, 6.45) is 6.14. The van der Waals surface area contributed by atoms with Gasteiger partial charge >= 0.3 is 5.97 Å². The number of alkyl halides is 1. The number of likely N-dealkylation sites (tertiary alicyclic amines) is 1. The number of hydrogen-bond donors (Lipinski definition) is 1. The maximum absolute atomic E-state index is 14.9. The van der Waals surface area contributed by atoms with Gasteiger partial charge in [-0.25, -0.2) is 0 Å². The van der Waals surface area contributed by atoms with Crippen LogP contribution in [0.25, 0.3) is 0 Å². The van der Waals surface area contributed by atoms with E-state index in [1.807, 2.05) is 44.2 Å². The Morgan fingerprint density at radius 1 is 1.16 bits per heavy atom. The smallest absolute Gasteiger partial charge is 0.312 e. The molecule has 3 aliphatic rings. The Bertz CT molecular complexity index is 1220. The summed E-state index contributed by atoms with van der Waals surface area (Å²) in [6, 6.07) is 6.16. The van der Waals surface area contributed by atoms with Gasteiger partial charge in [-0.15, -0.1) is 13.2 Å². The van der Waals surface area contributed by atoms with Crippen LogP contribution in [0.1, 0.15) is 59.8 Å². The molecule has 1 N–H and O–H groups in total. The van der Waals surface area contributed by atoms with E-state index < -0.39 is 41.6 Å².